The van der Waals surface area contributed by atoms with Gasteiger partial charge in [0.2, 0.25) is 0 Å². The van der Waals surface area contributed by atoms with Crippen molar-refractivity contribution in [2.24, 2.45) is 5.92 Å². The molecule has 2 heterocycles. The van der Waals surface area contributed by atoms with Crippen LogP contribution in [0, 0.1) is 5.92 Å². The molecule has 2 aliphatic rings. The molecule has 68 valence electrons. The van der Waals surface area contributed by atoms with Crippen LogP contribution >= 0.6 is 0 Å². The molecule has 2 aliphatic heterocycles. The van der Waals surface area contributed by atoms with Crippen molar-refractivity contribution in [2.45, 2.75) is 38.4 Å². The summed E-state index contributed by atoms with van der Waals surface area (Å²) >= 11 is 0. The van der Waals surface area contributed by atoms with E-state index >= 15 is 0 Å². The number of ether oxygens (including phenoxy) is 2. The van der Waals surface area contributed by atoms with E-state index in [1.165, 1.54) is 0 Å². The molecule has 3 heteroatoms. The van der Waals surface area contributed by atoms with Crippen LogP contribution in [0.2, 0.25) is 0 Å². The molecule has 0 spiro atoms. The molecular weight excluding hydrogens is 156 g/mol. The Kier molecular flexibility index (Phi) is 2.05. The average Bonchev–Trinajstić information content (AvgIpc) is 2.35. The lowest BCUT2D eigenvalue weighted by Crippen LogP contribution is -2.32. The van der Waals surface area contributed by atoms with E-state index in [4.69, 9.17) is 9.47 Å². The second-order valence-electron chi connectivity index (χ2n) is 3.56. The number of hydrogen-bond acceptors (Lipinski definition) is 3. The monoisotopic (exact) mass is 170 g/mol. The van der Waals surface area contributed by atoms with Crippen LogP contribution in [0.3, 0.4) is 0 Å². The Morgan fingerprint density at radius 3 is 3.17 bits per heavy atom. The Hall–Kier alpha value is -0.570. The van der Waals surface area contributed by atoms with Gasteiger partial charge in [-0.15, -0.1) is 0 Å². The largest absolute Gasteiger partial charge is 0.460 e. The highest BCUT2D eigenvalue weighted by molar-refractivity contribution is 5.75. The van der Waals surface area contributed by atoms with Gasteiger partial charge < -0.3 is 9.47 Å². The van der Waals surface area contributed by atoms with Crippen LogP contribution in [0.5, 0.6) is 0 Å². The maximum absolute atomic E-state index is 11.2. The highest BCUT2D eigenvalue weighted by Crippen LogP contribution is 2.32. The molecule has 0 radical (unpaired) electrons. The fourth-order valence-electron chi connectivity index (χ4n) is 2.00. The molecule has 0 aromatic carbocycles. The first kappa shape index (κ1) is 8.05. The lowest BCUT2D eigenvalue weighted by Gasteiger charge is -2.24. The van der Waals surface area contributed by atoms with Crippen LogP contribution < -0.4 is 0 Å². The van der Waals surface area contributed by atoms with E-state index in [0.717, 1.165) is 19.3 Å². The Bertz CT molecular complexity index is 190. The van der Waals surface area contributed by atoms with Gasteiger partial charge in [-0.1, -0.05) is 13.3 Å². The summed E-state index contributed by atoms with van der Waals surface area (Å²) in [5.74, 6) is -0.0142. The SMILES string of the molecule is CCCC1OCC2CC1C(=O)O2. The Morgan fingerprint density at radius 1 is 1.58 bits per heavy atom. The van der Waals surface area contributed by atoms with Crippen LogP contribution in [0.1, 0.15) is 26.2 Å². The average molecular weight is 170 g/mol. The summed E-state index contributed by atoms with van der Waals surface area (Å²) < 4.78 is 10.6. The number of fused-ring (bicyclic) bond motifs is 2. The van der Waals surface area contributed by atoms with E-state index in [9.17, 15) is 4.79 Å². The summed E-state index contributed by atoms with van der Waals surface area (Å²) in [7, 11) is 0. The molecular formula is C9H14O3. The molecule has 0 N–H and O–H groups in total. The molecule has 3 nitrogen and oxygen atoms in total. The minimum atomic E-state index is -0.0454. The summed E-state index contributed by atoms with van der Waals surface area (Å²) in [6, 6.07) is 0. The highest BCUT2D eigenvalue weighted by atomic mass is 16.6. The van der Waals surface area contributed by atoms with Crippen LogP contribution in [0.25, 0.3) is 0 Å². The maximum atomic E-state index is 11.2. The first-order chi connectivity index (χ1) is 5.81. The molecule has 0 saturated carbocycles. The van der Waals surface area contributed by atoms with Crippen molar-refractivity contribution in [3.05, 3.63) is 0 Å². The first-order valence-electron chi connectivity index (χ1n) is 4.63. The quantitative estimate of drug-likeness (QED) is 0.582. The van der Waals surface area contributed by atoms with E-state index < -0.39 is 0 Å². The molecule has 12 heavy (non-hydrogen) atoms. The zero-order valence-corrected chi connectivity index (χ0v) is 7.29. The van der Waals surface area contributed by atoms with Gasteiger partial charge in [0, 0.05) is 6.42 Å². The van der Waals surface area contributed by atoms with Crippen LogP contribution in [0.15, 0.2) is 0 Å². The van der Waals surface area contributed by atoms with Crippen molar-refractivity contribution in [2.75, 3.05) is 6.61 Å². The predicted octanol–water partition coefficient (Wildman–Crippen LogP) is 1.12. The van der Waals surface area contributed by atoms with Gasteiger partial charge in [-0.05, 0) is 6.42 Å². The Morgan fingerprint density at radius 2 is 2.42 bits per heavy atom. The third kappa shape index (κ3) is 1.22. The van der Waals surface area contributed by atoms with Gasteiger partial charge in [0.15, 0.2) is 0 Å². The molecule has 2 rings (SSSR count). The molecule has 2 saturated heterocycles. The van der Waals surface area contributed by atoms with Gasteiger partial charge >= 0.3 is 5.97 Å². The van der Waals surface area contributed by atoms with Gasteiger partial charge in [0.25, 0.3) is 0 Å². The van der Waals surface area contributed by atoms with Gasteiger partial charge in [-0.25, -0.2) is 0 Å². The van der Waals surface area contributed by atoms with E-state index in [1.807, 2.05) is 0 Å². The molecule has 0 aromatic heterocycles. The van der Waals surface area contributed by atoms with Crippen molar-refractivity contribution in [1.29, 1.82) is 0 Å². The van der Waals surface area contributed by atoms with Crippen LogP contribution in [-0.2, 0) is 14.3 Å². The van der Waals surface area contributed by atoms with Crippen molar-refractivity contribution in [1.82, 2.24) is 0 Å². The number of rotatable bonds is 2. The fraction of sp³-hybridized carbons (Fsp3) is 0.889. The second-order valence-corrected chi connectivity index (χ2v) is 3.56. The zero-order valence-electron chi connectivity index (χ0n) is 7.29. The lowest BCUT2D eigenvalue weighted by atomic mass is 9.93. The van der Waals surface area contributed by atoms with Gasteiger partial charge in [-0.3, -0.25) is 4.79 Å². The zero-order chi connectivity index (χ0) is 8.55. The van der Waals surface area contributed by atoms with Crippen molar-refractivity contribution in [3.63, 3.8) is 0 Å². The number of carbonyl (C=O) groups excluding carboxylic acids is 1. The minimum Gasteiger partial charge on any atom is -0.460 e. The van der Waals surface area contributed by atoms with Crippen molar-refractivity contribution >= 4 is 5.97 Å². The third-order valence-corrected chi connectivity index (χ3v) is 2.62. The number of hydrogen-bond donors (Lipinski definition) is 0. The predicted molar refractivity (Wildman–Crippen MR) is 42.6 cm³/mol. The summed E-state index contributed by atoms with van der Waals surface area (Å²) in [6.07, 6.45) is 3.10. The first-order valence-corrected chi connectivity index (χ1v) is 4.63. The maximum Gasteiger partial charge on any atom is 0.312 e. The molecule has 0 aromatic rings. The summed E-state index contributed by atoms with van der Waals surface area (Å²) in [5, 5.41) is 0. The van der Waals surface area contributed by atoms with Gasteiger partial charge in [0.05, 0.1) is 18.6 Å². The molecule has 3 unspecified atom stereocenters. The smallest absolute Gasteiger partial charge is 0.312 e. The van der Waals surface area contributed by atoms with E-state index in [2.05, 4.69) is 6.92 Å². The third-order valence-electron chi connectivity index (χ3n) is 2.62. The fourth-order valence-corrected chi connectivity index (χ4v) is 2.00. The molecule has 0 amide bonds. The second kappa shape index (κ2) is 3.05. The van der Waals surface area contributed by atoms with E-state index in [0.29, 0.717) is 6.61 Å². The van der Waals surface area contributed by atoms with Gasteiger partial charge in [0.1, 0.15) is 6.10 Å². The number of esters is 1. The topological polar surface area (TPSA) is 35.5 Å². The minimum absolute atomic E-state index is 0.0312. The number of carbonyl (C=O) groups is 1. The molecule has 3 atom stereocenters. The summed E-state index contributed by atoms with van der Waals surface area (Å²) in [5.41, 5.74) is 0. The van der Waals surface area contributed by atoms with Crippen molar-refractivity contribution < 1.29 is 14.3 Å². The van der Waals surface area contributed by atoms with Crippen molar-refractivity contribution in [3.8, 4) is 0 Å². The summed E-state index contributed by atoms with van der Waals surface area (Å²) in [4.78, 5) is 11.2. The van der Waals surface area contributed by atoms with E-state index in [1.54, 1.807) is 0 Å². The van der Waals surface area contributed by atoms with Crippen LogP contribution in [-0.4, -0.2) is 24.8 Å². The standard InChI is InChI=1S/C9H14O3/c1-2-3-8-7-4-6(5-11-8)12-9(7)10/h6-8H,2-5H2,1H3. The van der Waals surface area contributed by atoms with E-state index in [-0.39, 0.29) is 24.1 Å². The highest BCUT2D eigenvalue weighted by Gasteiger charge is 2.44. The Balaban J connectivity index is 2.03. The molecule has 0 aliphatic carbocycles. The lowest BCUT2D eigenvalue weighted by molar-refractivity contribution is -0.143. The Labute approximate surface area is 72.0 Å². The van der Waals surface area contributed by atoms with Gasteiger partial charge in [-0.2, -0.15) is 0 Å². The summed E-state index contributed by atoms with van der Waals surface area (Å²) in [6.45, 7) is 2.71. The van der Waals surface area contributed by atoms with Crippen LogP contribution in [0.4, 0.5) is 0 Å². The molecule has 2 bridgehead atoms. The normalized spacial score (nSPS) is 39.8. The molecule has 2 fully saturated rings.